The molecule has 2 aromatic rings. The number of pyridine rings is 1. The van der Waals surface area contributed by atoms with Crippen LogP contribution in [0.25, 0.3) is 0 Å². The first-order valence-electron chi connectivity index (χ1n) is 6.47. The van der Waals surface area contributed by atoms with Crippen molar-refractivity contribution in [3.63, 3.8) is 0 Å². The number of aliphatic imine (C=N–C) groups is 1. The van der Waals surface area contributed by atoms with Crippen molar-refractivity contribution in [2.75, 3.05) is 0 Å². The number of rotatable bonds is 1. The Bertz CT molecular complexity index is 674. The van der Waals surface area contributed by atoms with Gasteiger partial charge in [0.15, 0.2) is 6.17 Å². The summed E-state index contributed by atoms with van der Waals surface area (Å²) in [5, 5.41) is 0. The monoisotopic (exact) mass is 272 g/mol. The van der Waals surface area contributed by atoms with Crippen molar-refractivity contribution in [3.05, 3.63) is 64.5 Å². The van der Waals surface area contributed by atoms with E-state index in [9.17, 15) is 8.78 Å². The second kappa shape index (κ2) is 4.78. The number of nitrogens with zero attached hydrogens (tertiary/aromatic N) is 2. The molecule has 0 spiro atoms. The molecule has 1 aliphatic rings. The smallest absolute Gasteiger partial charge is 0.225 e. The predicted octanol–water partition coefficient (Wildman–Crippen LogP) is 3.86. The first kappa shape index (κ1) is 12.9. The van der Waals surface area contributed by atoms with E-state index in [1.54, 1.807) is 30.5 Å². The number of halogens is 2. The second-order valence-corrected chi connectivity index (χ2v) is 4.93. The normalized spacial score (nSPS) is 21.3. The zero-order chi connectivity index (χ0) is 14.3. The molecule has 0 fully saturated rings. The lowest BCUT2D eigenvalue weighted by atomic mass is 9.90. The van der Waals surface area contributed by atoms with E-state index in [4.69, 9.17) is 0 Å². The van der Waals surface area contributed by atoms with Crippen LogP contribution in [0.15, 0.2) is 41.5 Å². The zero-order valence-electron chi connectivity index (χ0n) is 11.3. The highest BCUT2D eigenvalue weighted by molar-refractivity contribution is 6.15. The molecule has 0 saturated carbocycles. The number of hydrogen-bond donors (Lipinski definition) is 0. The Morgan fingerprint density at radius 3 is 2.55 bits per heavy atom. The molecule has 2 heterocycles. The number of hydrogen-bond acceptors (Lipinski definition) is 2. The van der Waals surface area contributed by atoms with E-state index < -0.39 is 12.5 Å². The molecular weight excluding hydrogens is 258 g/mol. The van der Waals surface area contributed by atoms with Gasteiger partial charge in [-0.15, -0.1) is 0 Å². The van der Waals surface area contributed by atoms with E-state index >= 15 is 0 Å². The van der Waals surface area contributed by atoms with E-state index in [1.165, 1.54) is 0 Å². The van der Waals surface area contributed by atoms with Crippen molar-refractivity contribution in [1.82, 2.24) is 4.98 Å². The fourth-order valence-electron chi connectivity index (χ4n) is 2.61. The lowest BCUT2D eigenvalue weighted by Crippen LogP contribution is -2.23. The fourth-order valence-corrected chi connectivity index (χ4v) is 2.61. The number of benzene rings is 1. The van der Waals surface area contributed by atoms with Gasteiger partial charge < -0.3 is 0 Å². The van der Waals surface area contributed by atoms with Crippen LogP contribution in [0.1, 0.15) is 34.1 Å². The Kier molecular flexibility index (Phi) is 3.08. The molecule has 0 N–H and O–H groups in total. The molecule has 102 valence electrons. The van der Waals surface area contributed by atoms with Crippen LogP contribution >= 0.6 is 0 Å². The van der Waals surface area contributed by atoms with Crippen molar-refractivity contribution in [2.24, 2.45) is 4.99 Å². The minimum absolute atomic E-state index is 0.354. The van der Waals surface area contributed by atoms with Gasteiger partial charge in [-0.1, -0.05) is 24.3 Å². The third-order valence-corrected chi connectivity index (χ3v) is 3.59. The van der Waals surface area contributed by atoms with Crippen LogP contribution in [-0.4, -0.2) is 17.0 Å². The summed E-state index contributed by atoms with van der Waals surface area (Å²) in [7, 11) is 0. The highest BCUT2D eigenvalue weighted by Gasteiger charge is 2.32. The molecule has 0 aliphatic carbocycles. The SMILES string of the molecule is Cc1ccnc(C)c1C1=NC(F)C(F)c2ccccc21. The lowest BCUT2D eigenvalue weighted by molar-refractivity contribution is 0.173. The summed E-state index contributed by atoms with van der Waals surface area (Å²) in [4.78, 5) is 8.17. The van der Waals surface area contributed by atoms with Crippen molar-refractivity contribution < 1.29 is 8.78 Å². The van der Waals surface area contributed by atoms with Gasteiger partial charge in [0, 0.05) is 28.6 Å². The van der Waals surface area contributed by atoms with E-state index in [-0.39, 0.29) is 0 Å². The van der Waals surface area contributed by atoms with Gasteiger partial charge >= 0.3 is 0 Å². The van der Waals surface area contributed by atoms with Gasteiger partial charge in [-0.3, -0.25) is 4.98 Å². The van der Waals surface area contributed by atoms with Crippen LogP contribution in [0.5, 0.6) is 0 Å². The largest absolute Gasteiger partial charge is 0.261 e. The van der Waals surface area contributed by atoms with Gasteiger partial charge in [-0.2, -0.15) is 0 Å². The van der Waals surface area contributed by atoms with Crippen LogP contribution in [0.2, 0.25) is 0 Å². The maximum absolute atomic E-state index is 14.0. The molecule has 4 heteroatoms. The molecule has 1 aromatic heterocycles. The molecular formula is C16H14F2N2. The van der Waals surface area contributed by atoms with E-state index in [1.807, 2.05) is 19.9 Å². The summed E-state index contributed by atoms with van der Waals surface area (Å²) >= 11 is 0. The van der Waals surface area contributed by atoms with E-state index in [2.05, 4.69) is 9.98 Å². The van der Waals surface area contributed by atoms with Gasteiger partial charge in [0.1, 0.15) is 0 Å². The average Bonchev–Trinajstić information content (AvgIpc) is 2.44. The fraction of sp³-hybridized carbons (Fsp3) is 0.250. The summed E-state index contributed by atoms with van der Waals surface area (Å²) in [6, 6.07) is 8.76. The molecule has 2 unspecified atom stereocenters. The predicted molar refractivity (Wildman–Crippen MR) is 74.5 cm³/mol. The van der Waals surface area contributed by atoms with Crippen LogP contribution < -0.4 is 0 Å². The molecule has 3 rings (SSSR count). The maximum atomic E-state index is 14.0. The number of aryl methyl sites for hydroxylation is 2. The maximum Gasteiger partial charge on any atom is 0.225 e. The molecule has 2 nitrogen and oxygen atoms in total. The summed E-state index contributed by atoms with van der Waals surface area (Å²) in [5.41, 5.74) is 4.00. The molecule has 0 saturated heterocycles. The molecule has 0 radical (unpaired) electrons. The topological polar surface area (TPSA) is 25.2 Å². The first-order valence-corrected chi connectivity index (χ1v) is 6.47. The lowest BCUT2D eigenvalue weighted by Gasteiger charge is -2.24. The minimum atomic E-state index is -1.86. The quantitative estimate of drug-likeness (QED) is 0.724. The van der Waals surface area contributed by atoms with Gasteiger partial charge in [0.2, 0.25) is 6.30 Å². The molecule has 0 bridgehead atoms. The minimum Gasteiger partial charge on any atom is -0.261 e. The van der Waals surface area contributed by atoms with Crippen molar-refractivity contribution >= 4 is 5.71 Å². The van der Waals surface area contributed by atoms with Crippen LogP contribution in [-0.2, 0) is 0 Å². The first-order chi connectivity index (χ1) is 9.59. The number of aromatic nitrogens is 1. The van der Waals surface area contributed by atoms with Crippen LogP contribution in [0, 0.1) is 13.8 Å². The van der Waals surface area contributed by atoms with E-state index in [0.717, 1.165) is 16.8 Å². The van der Waals surface area contributed by atoms with Gasteiger partial charge in [0.25, 0.3) is 0 Å². The summed E-state index contributed by atoms with van der Waals surface area (Å²) in [5.74, 6) is 0. The highest BCUT2D eigenvalue weighted by Crippen LogP contribution is 2.35. The molecule has 1 aliphatic heterocycles. The van der Waals surface area contributed by atoms with Crippen LogP contribution in [0.3, 0.4) is 0 Å². The molecule has 2 atom stereocenters. The Labute approximate surface area is 116 Å². The average molecular weight is 272 g/mol. The Morgan fingerprint density at radius 2 is 1.80 bits per heavy atom. The summed E-state index contributed by atoms with van der Waals surface area (Å²) in [6.07, 6.45) is -1.86. The van der Waals surface area contributed by atoms with Crippen molar-refractivity contribution in [3.8, 4) is 0 Å². The number of fused-ring (bicyclic) bond motifs is 1. The van der Waals surface area contributed by atoms with Gasteiger partial charge in [-0.05, 0) is 25.5 Å². The summed E-state index contributed by atoms with van der Waals surface area (Å²) in [6.45, 7) is 3.77. The van der Waals surface area contributed by atoms with Crippen molar-refractivity contribution in [1.29, 1.82) is 0 Å². The van der Waals surface area contributed by atoms with Crippen LogP contribution in [0.4, 0.5) is 8.78 Å². The Hall–Kier alpha value is -2.10. The third-order valence-electron chi connectivity index (χ3n) is 3.59. The highest BCUT2D eigenvalue weighted by atomic mass is 19.2. The second-order valence-electron chi connectivity index (χ2n) is 4.93. The number of alkyl halides is 2. The van der Waals surface area contributed by atoms with Gasteiger partial charge in [-0.25, -0.2) is 13.8 Å². The molecule has 0 amide bonds. The Morgan fingerprint density at radius 1 is 1.05 bits per heavy atom. The van der Waals surface area contributed by atoms with Crippen molar-refractivity contribution in [2.45, 2.75) is 26.3 Å². The molecule has 20 heavy (non-hydrogen) atoms. The standard InChI is InChI=1S/C16H14F2N2/c1-9-7-8-19-10(2)13(9)15-12-6-4-3-5-11(12)14(17)16(18)20-15/h3-8,14,16H,1-2H3. The zero-order valence-corrected chi connectivity index (χ0v) is 11.3. The summed E-state index contributed by atoms with van der Waals surface area (Å²) < 4.78 is 27.8. The molecule has 1 aromatic carbocycles. The third kappa shape index (κ3) is 1.92. The Balaban J connectivity index is 2.26. The van der Waals surface area contributed by atoms with E-state index in [0.29, 0.717) is 16.8 Å². The van der Waals surface area contributed by atoms with Gasteiger partial charge in [0.05, 0.1) is 5.71 Å².